The van der Waals surface area contributed by atoms with Crippen LogP contribution in [0, 0.1) is 0 Å². The maximum absolute atomic E-state index is 11.9. The Kier molecular flexibility index (Phi) is 4.45. The largest absolute Gasteiger partial charge is 0.350 e. The number of likely N-dealkylation sites (N-methyl/N-ethyl adjacent to an activating group) is 1. The number of carbonyl (C=O) groups excluding carboxylic acids is 3. The summed E-state index contributed by atoms with van der Waals surface area (Å²) in [6.07, 6.45) is 4.47. The monoisotopic (exact) mass is 329 g/mol. The summed E-state index contributed by atoms with van der Waals surface area (Å²) in [6.45, 7) is 0.730. The zero-order valence-electron chi connectivity index (χ0n) is 13.4. The lowest BCUT2D eigenvalue weighted by atomic mass is 10.2. The van der Waals surface area contributed by atoms with Gasteiger partial charge in [-0.3, -0.25) is 14.5 Å². The van der Waals surface area contributed by atoms with E-state index in [1.54, 1.807) is 7.05 Å². The molecule has 1 aliphatic heterocycles. The van der Waals surface area contributed by atoms with Crippen LogP contribution in [0.4, 0.5) is 4.79 Å². The molecule has 1 saturated heterocycles. The number of nitrogens with one attached hydrogen (secondary N) is 1. The molecule has 0 saturated carbocycles. The first-order valence-electron chi connectivity index (χ1n) is 7.79. The van der Waals surface area contributed by atoms with Gasteiger partial charge in [0, 0.05) is 32.4 Å². The summed E-state index contributed by atoms with van der Waals surface area (Å²) >= 11 is 0. The number of rotatable bonds is 6. The third-order valence-electron chi connectivity index (χ3n) is 3.90. The van der Waals surface area contributed by atoms with E-state index in [2.05, 4.69) is 10.3 Å². The molecule has 3 rings (SSSR count). The summed E-state index contributed by atoms with van der Waals surface area (Å²) in [5, 5.41) is 2.80. The van der Waals surface area contributed by atoms with Gasteiger partial charge >= 0.3 is 6.03 Å². The van der Waals surface area contributed by atoms with Crippen LogP contribution in [0.2, 0.25) is 0 Å². The van der Waals surface area contributed by atoms with E-state index < -0.39 is 0 Å². The van der Waals surface area contributed by atoms with E-state index in [0.29, 0.717) is 13.0 Å². The number of imide groups is 1. The number of hydrogen-bond donors (Lipinski definition) is 1. The Morgan fingerprint density at radius 2 is 2.17 bits per heavy atom. The van der Waals surface area contributed by atoms with E-state index in [1.807, 2.05) is 35.0 Å². The Labute approximate surface area is 139 Å². The fourth-order valence-electron chi connectivity index (χ4n) is 2.64. The summed E-state index contributed by atoms with van der Waals surface area (Å²) in [6, 6.07) is 5.41. The number of hydrogen-bond acceptors (Lipinski definition) is 4. The topological polar surface area (TPSA) is 87.0 Å². The number of amides is 4. The maximum atomic E-state index is 11.9. The molecule has 1 aliphatic rings. The molecule has 8 nitrogen and oxygen atoms in total. The number of nitrogens with zero attached hydrogens (tertiary/aromatic N) is 4. The predicted octanol–water partition coefficient (Wildman–Crippen LogP) is 0.625. The highest BCUT2D eigenvalue weighted by Gasteiger charge is 2.32. The average Bonchev–Trinajstić information content (AvgIpc) is 3.08. The lowest BCUT2D eigenvalue weighted by Crippen LogP contribution is -2.33. The second kappa shape index (κ2) is 6.69. The Hall–Kier alpha value is -2.90. The van der Waals surface area contributed by atoms with E-state index in [-0.39, 0.29) is 37.4 Å². The standard InChI is InChI=1S/C16H19N5O3/c1-19-11-15(23)21(16(19)24)8-4-6-14(22)17-9-12-10-20-7-3-2-5-13(20)18-12/h2-3,5,7,10H,4,6,8-9,11H2,1H3,(H,17,22). The van der Waals surface area contributed by atoms with Crippen LogP contribution < -0.4 is 5.32 Å². The highest BCUT2D eigenvalue weighted by Crippen LogP contribution is 2.09. The molecule has 2 aromatic rings. The summed E-state index contributed by atoms with van der Waals surface area (Å²) in [7, 11) is 1.59. The van der Waals surface area contributed by atoms with Crippen molar-refractivity contribution >= 4 is 23.5 Å². The molecular formula is C16H19N5O3. The van der Waals surface area contributed by atoms with Gasteiger partial charge in [0.2, 0.25) is 11.8 Å². The molecule has 0 atom stereocenters. The zero-order chi connectivity index (χ0) is 17.1. The second-order valence-corrected chi connectivity index (χ2v) is 5.76. The minimum absolute atomic E-state index is 0.110. The minimum Gasteiger partial charge on any atom is -0.350 e. The molecule has 4 amide bonds. The van der Waals surface area contributed by atoms with Crippen molar-refractivity contribution in [3.63, 3.8) is 0 Å². The Morgan fingerprint density at radius 3 is 2.88 bits per heavy atom. The SMILES string of the molecule is CN1CC(=O)N(CCCC(=O)NCc2cn3ccccc3n2)C1=O. The van der Waals surface area contributed by atoms with E-state index in [1.165, 1.54) is 9.80 Å². The number of imidazole rings is 1. The van der Waals surface area contributed by atoms with Crippen molar-refractivity contribution in [1.29, 1.82) is 0 Å². The molecular weight excluding hydrogens is 310 g/mol. The third kappa shape index (κ3) is 3.37. The lowest BCUT2D eigenvalue weighted by molar-refractivity contribution is -0.126. The summed E-state index contributed by atoms with van der Waals surface area (Å²) in [5.41, 5.74) is 1.61. The van der Waals surface area contributed by atoms with Crippen molar-refractivity contribution in [2.45, 2.75) is 19.4 Å². The molecule has 0 aliphatic carbocycles. The molecule has 24 heavy (non-hydrogen) atoms. The molecule has 0 unspecified atom stereocenters. The van der Waals surface area contributed by atoms with Gasteiger partial charge < -0.3 is 14.6 Å². The van der Waals surface area contributed by atoms with Gasteiger partial charge in [-0.2, -0.15) is 0 Å². The Balaban J connectivity index is 1.43. The van der Waals surface area contributed by atoms with Crippen molar-refractivity contribution in [3.05, 3.63) is 36.3 Å². The molecule has 2 aromatic heterocycles. The Bertz CT molecular complexity index is 752. The highest BCUT2D eigenvalue weighted by molar-refractivity contribution is 6.01. The maximum Gasteiger partial charge on any atom is 0.326 e. The fraction of sp³-hybridized carbons (Fsp3) is 0.375. The van der Waals surface area contributed by atoms with Crippen LogP contribution in [0.3, 0.4) is 0 Å². The van der Waals surface area contributed by atoms with Gasteiger partial charge in [0.25, 0.3) is 0 Å². The summed E-state index contributed by atoms with van der Waals surface area (Å²) in [4.78, 5) is 42.2. The predicted molar refractivity (Wildman–Crippen MR) is 86.0 cm³/mol. The zero-order valence-corrected chi connectivity index (χ0v) is 13.4. The summed E-state index contributed by atoms with van der Waals surface area (Å²) in [5.74, 6) is -0.341. The Morgan fingerprint density at radius 1 is 1.33 bits per heavy atom. The van der Waals surface area contributed by atoms with Crippen LogP contribution in [0.5, 0.6) is 0 Å². The van der Waals surface area contributed by atoms with Gasteiger partial charge in [-0.1, -0.05) is 6.07 Å². The average molecular weight is 329 g/mol. The van der Waals surface area contributed by atoms with Gasteiger partial charge in [0.1, 0.15) is 12.2 Å². The number of carbonyl (C=O) groups is 3. The van der Waals surface area contributed by atoms with E-state index in [0.717, 1.165) is 11.3 Å². The van der Waals surface area contributed by atoms with Crippen molar-refractivity contribution < 1.29 is 14.4 Å². The molecule has 0 spiro atoms. The van der Waals surface area contributed by atoms with Gasteiger partial charge in [-0.25, -0.2) is 9.78 Å². The van der Waals surface area contributed by atoms with Crippen molar-refractivity contribution in [1.82, 2.24) is 24.5 Å². The highest BCUT2D eigenvalue weighted by atomic mass is 16.2. The molecule has 0 aromatic carbocycles. The fourth-order valence-corrected chi connectivity index (χ4v) is 2.64. The number of urea groups is 1. The van der Waals surface area contributed by atoms with Crippen molar-refractivity contribution in [2.24, 2.45) is 0 Å². The molecule has 1 N–H and O–H groups in total. The van der Waals surface area contributed by atoms with E-state index in [4.69, 9.17) is 0 Å². The van der Waals surface area contributed by atoms with Crippen LogP contribution in [0.25, 0.3) is 5.65 Å². The smallest absolute Gasteiger partial charge is 0.326 e. The molecule has 1 fully saturated rings. The summed E-state index contributed by atoms with van der Waals surface area (Å²) < 4.78 is 1.89. The van der Waals surface area contributed by atoms with Crippen LogP contribution in [0.15, 0.2) is 30.6 Å². The van der Waals surface area contributed by atoms with Crippen LogP contribution in [0.1, 0.15) is 18.5 Å². The second-order valence-electron chi connectivity index (χ2n) is 5.76. The molecule has 126 valence electrons. The van der Waals surface area contributed by atoms with Crippen LogP contribution in [-0.2, 0) is 16.1 Å². The van der Waals surface area contributed by atoms with Crippen LogP contribution >= 0.6 is 0 Å². The van der Waals surface area contributed by atoms with E-state index >= 15 is 0 Å². The van der Waals surface area contributed by atoms with Crippen molar-refractivity contribution in [2.75, 3.05) is 20.1 Å². The number of aromatic nitrogens is 2. The molecule has 0 radical (unpaired) electrons. The lowest BCUT2D eigenvalue weighted by Gasteiger charge is -2.13. The third-order valence-corrected chi connectivity index (χ3v) is 3.90. The van der Waals surface area contributed by atoms with Gasteiger partial charge in [0.15, 0.2) is 0 Å². The van der Waals surface area contributed by atoms with Crippen LogP contribution in [-0.4, -0.2) is 57.2 Å². The first kappa shape index (κ1) is 16.0. The molecule has 0 bridgehead atoms. The quantitative estimate of drug-likeness (QED) is 0.787. The first-order chi connectivity index (χ1) is 11.5. The van der Waals surface area contributed by atoms with Gasteiger partial charge in [-0.05, 0) is 18.6 Å². The number of pyridine rings is 1. The van der Waals surface area contributed by atoms with Gasteiger partial charge in [0.05, 0.1) is 12.2 Å². The van der Waals surface area contributed by atoms with Gasteiger partial charge in [-0.15, -0.1) is 0 Å². The minimum atomic E-state index is -0.301. The molecule has 3 heterocycles. The molecule has 8 heteroatoms. The normalized spacial score (nSPS) is 14.7. The first-order valence-corrected chi connectivity index (χ1v) is 7.79. The number of fused-ring (bicyclic) bond motifs is 1. The van der Waals surface area contributed by atoms with E-state index in [9.17, 15) is 14.4 Å². The van der Waals surface area contributed by atoms with Crippen molar-refractivity contribution in [3.8, 4) is 0 Å².